The SMILES string of the molecule is O=C(O)C1CC[C@@H]2C[C@H]1[C@H]1CCC[C@@H]21. The minimum atomic E-state index is -0.527. The molecule has 0 spiro atoms. The van der Waals surface area contributed by atoms with Crippen LogP contribution in [0.3, 0.4) is 0 Å². The van der Waals surface area contributed by atoms with E-state index in [1.807, 2.05) is 0 Å². The van der Waals surface area contributed by atoms with Gasteiger partial charge in [-0.2, -0.15) is 0 Å². The maximum atomic E-state index is 11.1. The van der Waals surface area contributed by atoms with Crippen molar-refractivity contribution in [2.75, 3.05) is 0 Å². The highest BCUT2D eigenvalue weighted by Gasteiger charge is 2.52. The Balaban J connectivity index is 1.86. The van der Waals surface area contributed by atoms with E-state index in [0.717, 1.165) is 24.2 Å². The average Bonchev–Trinajstić information content (AvgIpc) is 2.71. The van der Waals surface area contributed by atoms with Crippen molar-refractivity contribution in [2.45, 2.75) is 38.5 Å². The molecule has 5 atom stereocenters. The van der Waals surface area contributed by atoms with Crippen molar-refractivity contribution < 1.29 is 9.90 Å². The van der Waals surface area contributed by atoms with Crippen LogP contribution in [0.2, 0.25) is 0 Å². The van der Waals surface area contributed by atoms with Crippen molar-refractivity contribution in [3.63, 3.8) is 0 Å². The van der Waals surface area contributed by atoms with Crippen LogP contribution in [0.4, 0.5) is 0 Å². The van der Waals surface area contributed by atoms with Crippen molar-refractivity contribution in [1.82, 2.24) is 0 Å². The fraction of sp³-hybridized carbons (Fsp3) is 0.917. The van der Waals surface area contributed by atoms with Gasteiger partial charge in [-0.15, -0.1) is 0 Å². The summed E-state index contributed by atoms with van der Waals surface area (Å²) in [7, 11) is 0. The van der Waals surface area contributed by atoms with Crippen LogP contribution in [0.25, 0.3) is 0 Å². The Kier molecular flexibility index (Phi) is 1.86. The van der Waals surface area contributed by atoms with Gasteiger partial charge in [0, 0.05) is 0 Å². The molecule has 14 heavy (non-hydrogen) atoms. The number of carbonyl (C=O) groups is 1. The predicted molar refractivity (Wildman–Crippen MR) is 52.8 cm³/mol. The number of hydrogen-bond acceptors (Lipinski definition) is 1. The minimum absolute atomic E-state index is 0.000602. The first-order valence-electron chi connectivity index (χ1n) is 6.00. The van der Waals surface area contributed by atoms with Gasteiger partial charge in [-0.05, 0) is 55.8 Å². The molecule has 0 saturated heterocycles. The number of carboxylic acids is 1. The number of rotatable bonds is 1. The van der Waals surface area contributed by atoms with Gasteiger partial charge in [0.2, 0.25) is 0 Å². The third-order valence-corrected chi connectivity index (χ3v) is 5.04. The Hall–Kier alpha value is -0.530. The van der Waals surface area contributed by atoms with E-state index in [-0.39, 0.29) is 5.92 Å². The number of aliphatic carboxylic acids is 1. The second-order valence-electron chi connectivity index (χ2n) is 5.44. The third-order valence-electron chi connectivity index (χ3n) is 5.04. The Morgan fingerprint density at radius 1 is 1.00 bits per heavy atom. The normalized spacial score (nSPS) is 50.4. The highest BCUT2D eigenvalue weighted by molar-refractivity contribution is 5.70. The van der Waals surface area contributed by atoms with Gasteiger partial charge in [-0.3, -0.25) is 4.79 Å². The van der Waals surface area contributed by atoms with Crippen molar-refractivity contribution >= 4 is 5.97 Å². The summed E-state index contributed by atoms with van der Waals surface area (Å²) in [5.74, 6) is 2.59. The first-order chi connectivity index (χ1) is 6.77. The van der Waals surface area contributed by atoms with Crippen LogP contribution in [-0.2, 0) is 4.79 Å². The summed E-state index contributed by atoms with van der Waals surface area (Å²) in [6.07, 6.45) is 7.43. The fourth-order valence-corrected chi connectivity index (χ4v) is 4.54. The van der Waals surface area contributed by atoms with E-state index in [2.05, 4.69) is 0 Å². The van der Waals surface area contributed by atoms with Crippen molar-refractivity contribution in [1.29, 1.82) is 0 Å². The lowest BCUT2D eigenvalue weighted by molar-refractivity contribution is -0.145. The Labute approximate surface area is 84.7 Å². The highest BCUT2D eigenvalue weighted by Crippen LogP contribution is 2.58. The van der Waals surface area contributed by atoms with E-state index in [1.54, 1.807) is 0 Å². The highest BCUT2D eigenvalue weighted by atomic mass is 16.4. The zero-order valence-corrected chi connectivity index (χ0v) is 8.48. The summed E-state index contributed by atoms with van der Waals surface area (Å²) in [4.78, 5) is 11.1. The topological polar surface area (TPSA) is 37.3 Å². The van der Waals surface area contributed by atoms with E-state index in [1.165, 1.54) is 32.1 Å². The molecule has 0 aromatic heterocycles. The molecule has 0 amide bonds. The summed E-state index contributed by atoms with van der Waals surface area (Å²) in [5, 5.41) is 9.18. The summed E-state index contributed by atoms with van der Waals surface area (Å²) >= 11 is 0. The smallest absolute Gasteiger partial charge is 0.306 e. The van der Waals surface area contributed by atoms with Gasteiger partial charge in [-0.25, -0.2) is 0 Å². The van der Waals surface area contributed by atoms with Crippen LogP contribution >= 0.6 is 0 Å². The maximum Gasteiger partial charge on any atom is 0.306 e. The fourth-order valence-electron chi connectivity index (χ4n) is 4.54. The van der Waals surface area contributed by atoms with Gasteiger partial charge >= 0.3 is 5.97 Å². The van der Waals surface area contributed by atoms with E-state index in [9.17, 15) is 9.90 Å². The molecular formula is C12H18O2. The lowest BCUT2D eigenvalue weighted by Gasteiger charge is -2.27. The average molecular weight is 194 g/mol. The van der Waals surface area contributed by atoms with E-state index in [4.69, 9.17) is 0 Å². The first kappa shape index (κ1) is 8.75. The molecule has 0 aromatic rings. The summed E-state index contributed by atoms with van der Waals surface area (Å²) in [6, 6.07) is 0. The number of carboxylic acid groups (broad SMARTS) is 1. The van der Waals surface area contributed by atoms with Crippen molar-refractivity contribution in [3.8, 4) is 0 Å². The van der Waals surface area contributed by atoms with Crippen LogP contribution in [0, 0.1) is 29.6 Å². The van der Waals surface area contributed by atoms with Crippen molar-refractivity contribution in [3.05, 3.63) is 0 Å². The van der Waals surface area contributed by atoms with Gasteiger partial charge in [0.05, 0.1) is 5.92 Å². The molecule has 2 bridgehead atoms. The summed E-state index contributed by atoms with van der Waals surface area (Å²) in [6.45, 7) is 0. The number of fused-ring (bicyclic) bond motifs is 5. The van der Waals surface area contributed by atoms with Crippen molar-refractivity contribution in [2.24, 2.45) is 29.6 Å². The van der Waals surface area contributed by atoms with Gasteiger partial charge in [0.25, 0.3) is 0 Å². The quantitative estimate of drug-likeness (QED) is 0.696. The Morgan fingerprint density at radius 3 is 2.57 bits per heavy atom. The van der Waals surface area contributed by atoms with E-state index < -0.39 is 5.97 Å². The molecule has 0 aliphatic heterocycles. The van der Waals surface area contributed by atoms with Crippen LogP contribution in [-0.4, -0.2) is 11.1 Å². The third kappa shape index (κ3) is 1.06. The zero-order chi connectivity index (χ0) is 9.71. The molecule has 78 valence electrons. The predicted octanol–water partition coefficient (Wildman–Crippen LogP) is 2.53. The van der Waals surface area contributed by atoms with Crippen LogP contribution < -0.4 is 0 Å². The second-order valence-corrected chi connectivity index (χ2v) is 5.44. The van der Waals surface area contributed by atoms with Crippen LogP contribution in [0.15, 0.2) is 0 Å². The molecule has 1 N–H and O–H groups in total. The molecule has 2 nitrogen and oxygen atoms in total. The molecule has 3 saturated carbocycles. The lowest BCUT2D eigenvalue weighted by Crippen LogP contribution is -2.28. The molecule has 2 heteroatoms. The Morgan fingerprint density at radius 2 is 1.79 bits per heavy atom. The molecular weight excluding hydrogens is 176 g/mol. The molecule has 3 aliphatic carbocycles. The Bertz CT molecular complexity index is 261. The molecule has 0 aromatic carbocycles. The molecule has 0 heterocycles. The van der Waals surface area contributed by atoms with Crippen LogP contribution in [0.1, 0.15) is 38.5 Å². The van der Waals surface area contributed by atoms with E-state index in [0.29, 0.717) is 5.92 Å². The van der Waals surface area contributed by atoms with Gasteiger partial charge in [0.1, 0.15) is 0 Å². The zero-order valence-electron chi connectivity index (χ0n) is 8.48. The lowest BCUT2D eigenvalue weighted by atomic mass is 9.77. The van der Waals surface area contributed by atoms with E-state index >= 15 is 0 Å². The maximum absolute atomic E-state index is 11.1. The first-order valence-corrected chi connectivity index (χ1v) is 6.00. The number of hydrogen-bond donors (Lipinski definition) is 1. The summed E-state index contributed by atoms with van der Waals surface area (Å²) in [5.41, 5.74) is 0. The minimum Gasteiger partial charge on any atom is -0.481 e. The molecule has 1 unspecified atom stereocenters. The molecule has 3 fully saturated rings. The molecule has 0 radical (unpaired) electrons. The van der Waals surface area contributed by atoms with Crippen LogP contribution in [0.5, 0.6) is 0 Å². The van der Waals surface area contributed by atoms with Gasteiger partial charge in [0.15, 0.2) is 0 Å². The molecule has 3 rings (SSSR count). The van der Waals surface area contributed by atoms with Gasteiger partial charge < -0.3 is 5.11 Å². The van der Waals surface area contributed by atoms with Gasteiger partial charge in [-0.1, -0.05) is 6.42 Å². The second kappa shape index (κ2) is 2.98. The standard InChI is InChI=1S/C12H18O2/c13-12(14)10-5-4-7-6-11(10)9-3-1-2-8(7)9/h7-11H,1-6H2,(H,13,14)/t7-,8+,9+,10?,11+/m1/s1. The monoisotopic (exact) mass is 194 g/mol. The molecule has 3 aliphatic rings. The largest absolute Gasteiger partial charge is 0.481 e. The summed E-state index contributed by atoms with van der Waals surface area (Å²) < 4.78 is 0.